The van der Waals surface area contributed by atoms with Crippen molar-refractivity contribution in [1.82, 2.24) is 0 Å². The fourth-order valence-electron chi connectivity index (χ4n) is 2.84. The van der Waals surface area contributed by atoms with Gasteiger partial charge >= 0.3 is 0 Å². The second-order valence-electron chi connectivity index (χ2n) is 6.97. The van der Waals surface area contributed by atoms with Gasteiger partial charge in [-0.2, -0.15) is 0 Å². The Balaban J connectivity index is 1.85. The number of amides is 2. The molecule has 27 heavy (non-hydrogen) atoms. The van der Waals surface area contributed by atoms with Crippen molar-refractivity contribution >= 4 is 33.0 Å². The first kappa shape index (κ1) is 19.0. The number of carbonyl (C=O) groups excluding carboxylic acids is 2. The summed E-state index contributed by atoms with van der Waals surface area (Å²) in [7, 11) is -3.78. The number of carbonyl (C=O) groups is 2. The zero-order valence-electron chi connectivity index (χ0n) is 14.8. The Kier molecular flexibility index (Phi) is 4.77. The van der Waals surface area contributed by atoms with E-state index in [1.807, 2.05) is 0 Å². The molecule has 1 heterocycles. The molecule has 0 bridgehead atoms. The molecule has 0 radical (unpaired) electrons. The molecule has 2 aromatic rings. The lowest BCUT2D eigenvalue weighted by Gasteiger charge is -2.28. The third-order valence-corrected chi connectivity index (χ3v) is 6.13. The molecule has 0 fully saturated rings. The first-order chi connectivity index (χ1) is 12.6. The second kappa shape index (κ2) is 6.77. The van der Waals surface area contributed by atoms with Crippen molar-refractivity contribution in [2.75, 3.05) is 16.4 Å². The van der Waals surface area contributed by atoms with Gasteiger partial charge in [-0.1, -0.05) is 30.3 Å². The van der Waals surface area contributed by atoms with Gasteiger partial charge in [0.2, 0.25) is 11.8 Å². The smallest absolute Gasteiger partial charge is 0.239 e. The highest BCUT2D eigenvalue weighted by Crippen LogP contribution is 2.38. The average molecular weight is 390 g/mol. The van der Waals surface area contributed by atoms with Crippen LogP contribution >= 0.6 is 0 Å². The van der Waals surface area contributed by atoms with E-state index in [9.17, 15) is 22.4 Å². The number of nitrogens with one attached hydrogen (secondary N) is 2. The van der Waals surface area contributed by atoms with Gasteiger partial charge in [-0.05, 0) is 37.6 Å². The molecule has 0 aromatic heterocycles. The monoisotopic (exact) mass is 390 g/mol. The highest BCUT2D eigenvalue weighted by Gasteiger charge is 2.38. The van der Waals surface area contributed by atoms with Gasteiger partial charge in [0.25, 0.3) is 0 Å². The minimum atomic E-state index is -3.78. The van der Waals surface area contributed by atoms with Gasteiger partial charge in [-0.25, -0.2) is 12.8 Å². The third kappa shape index (κ3) is 3.71. The van der Waals surface area contributed by atoms with Crippen LogP contribution in [-0.2, 0) is 19.4 Å². The predicted molar refractivity (Wildman–Crippen MR) is 99.8 cm³/mol. The summed E-state index contributed by atoms with van der Waals surface area (Å²) in [4.78, 5) is 24.0. The molecule has 0 saturated heterocycles. The maximum atomic E-state index is 14.9. The quantitative estimate of drug-likeness (QED) is 0.839. The van der Waals surface area contributed by atoms with Crippen molar-refractivity contribution in [2.24, 2.45) is 5.41 Å². The van der Waals surface area contributed by atoms with Crippen LogP contribution < -0.4 is 10.6 Å². The van der Waals surface area contributed by atoms with Crippen LogP contribution in [-0.4, -0.2) is 26.0 Å². The lowest BCUT2D eigenvalue weighted by Crippen LogP contribution is -2.35. The number of sulfone groups is 1. The van der Waals surface area contributed by atoms with E-state index in [1.165, 1.54) is 32.0 Å². The Hall–Kier alpha value is -2.74. The fraction of sp³-hybridized carbons (Fsp3) is 0.263. The first-order valence-corrected chi connectivity index (χ1v) is 9.93. The van der Waals surface area contributed by atoms with Crippen molar-refractivity contribution in [3.63, 3.8) is 0 Å². The highest BCUT2D eigenvalue weighted by atomic mass is 32.2. The first-order valence-electron chi connectivity index (χ1n) is 8.28. The van der Waals surface area contributed by atoms with Crippen molar-refractivity contribution in [2.45, 2.75) is 24.9 Å². The molecule has 0 spiro atoms. The van der Waals surface area contributed by atoms with E-state index < -0.39 is 39.0 Å². The van der Waals surface area contributed by atoms with Gasteiger partial charge in [0.15, 0.2) is 9.84 Å². The van der Waals surface area contributed by atoms with Crippen LogP contribution in [0.2, 0.25) is 0 Å². The summed E-state index contributed by atoms with van der Waals surface area (Å²) >= 11 is 0. The molecule has 0 saturated carbocycles. The summed E-state index contributed by atoms with van der Waals surface area (Å²) in [5, 5.41) is 5.05. The van der Waals surface area contributed by atoms with Gasteiger partial charge in [-0.3, -0.25) is 9.59 Å². The Labute approximate surface area is 156 Å². The molecule has 1 atom stereocenters. The largest absolute Gasteiger partial charge is 0.325 e. The van der Waals surface area contributed by atoms with Crippen LogP contribution in [0.1, 0.15) is 25.6 Å². The number of fused-ring (bicyclic) bond motifs is 1. The normalized spacial score (nSPS) is 16.8. The minimum absolute atomic E-state index is 0.0717. The Bertz CT molecular complexity index is 1000. The van der Waals surface area contributed by atoms with Crippen molar-refractivity contribution in [3.05, 3.63) is 54.1 Å². The van der Waals surface area contributed by atoms with E-state index in [1.54, 1.807) is 30.3 Å². The van der Waals surface area contributed by atoms with Gasteiger partial charge < -0.3 is 10.6 Å². The van der Waals surface area contributed by atoms with Gasteiger partial charge in [0, 0.05) is 5.69 Å². The van der Waals surface area contributed by atoms with Crippen molar-refractivity contribution < 1.29 is 22.4 Å². The summed E-state index contributed by atoms with van der Waals surface area (Å²) in [6.07, 6.45) is -1.54. The lowest BCUT2D eigenvalue weighted by atomic mass is 9.82. The second-order valence-corrected chi connectivity index (χ2v) is 8.93. The number of hydrogen-bond acceptors (Lipinski definition) is 4. The molecule has 1 aliphatic heterocycles. The van der Waals surface area contributed by atoms with E-state index in [0.717, 1.165) is 0 Å². The molecule has 8 heteroatoms. The molecule has 2 aromatic carbocycles. The molecule has 2 N–H and O–H groups in total. The number of benzene rings is 2. The number of anilines is 2. The molecule has 6 nitrogen and oxygen atoms in total. The number of alkyl halides is 1. The van der Waals surface area contributed by atoms with E-state index in [-0.39, 0.29) is 16.3 Å². The maximum absolute atomic E-state index is 14.9. The summed E-state index contributed by atoms with van der Waals surface area (Å²) in [5.74, 6) is -1.84. The van der Waals surface area contributed by atoms with Gasteiger partial charge in [0.1, 0.15) is 11.9 Å². The van der Waals surface area contributed by atoms with Crippen LogP contribution in [0.5, 0.6) is 0 Å². The standard InChI is InChI=1S/C19H19FN2O4S/c1-19(2,17(20)12-6-4-3-5-7-12)18(24)21-13-8-9-14-15(10-13)27(25,26)11-16(23)22-14/h3-10,17H,11H2,1-2H3,(H,21,24)(H,22,23). The van der Waals surface area contributed by atoms with Crippen molar-refractivity contribution in [1.29, 1.82) is 0 Å². The van der Waals surface area contributed by atoms with Crippen LogP contribution in [0.25, 0.3) is 0 Å². The topological polar surface area (TPSA) is 92.3 Å². The zero-order valence-corrected chi connectivity index (χ0v) is 15.6. The fourth-order valence-corrected chi connectivity index (χ4v) is 4.18. The lowest BCUT2D eigenvalue weighted by molar-refractivity contribution is -0.127. The molecule has 1 aliphatic rings. The SMILES string of the molecule is CC(C)(C(=O)Nc1ccc2c(c1)S(=O)(=O)CC(=O)N2)C(F)c1ccccc1. The molecular formula is C19H19FN2O4S. The third-order valence-electron chi connectivity index (χ3n) is 4.48. The Morgan fingerprint density at radius 3 is 2.52 bits per heavy atom. The molecule has 1 unspecified atom stereocenters. The van der Waals surface area contributed by atoms with Crippen LogP contribution in [0.4, 0.5) is 15.8 Å². The molecule has 3 rings (SSSR count). The average Bonchev–Trinajstić information content (AvgIpc) is 2.61. The summed E-state index contributed by atoms with van der Waals surface area (Å²) < 4.78 is 39.3. The van der Waals surface area contributed by atoms with E-state index in [4.69, 9.17) is 0 Å². The number of rotatable bonds is 4. The van der Waals surface area contributed by atoms with Crippen LogP contribution in [0, 0.1) is 5.41 Å². The van der Waals surface area contributed by atoms with E-state index in [2.05, 4.69) is 10.6 Å². The Morgan fingerprint density at radius 2 is 1.85 bits per heavy atom. The summed E-state index contributed by atoms with van der Waals surface area (Å²) in [5.41, 5.74) is -0.624. The molecule has 2 amide bonds. The van der Waals surface area contributed by atoms with E-state index >= 15 is 0 Å². The van der Waals surface area contributed by atoms with Crippen LogP contribution in [0.3, 0.4) is 0 Å². The van der Waals surface area contributed by atoms with Crippen molar-refractivity contribution in [3.8, 4) is 0 Å². The predicted octanol–water partition coefficient (Wildman–Crippen LogP) is 3.09. The molecule has 142 valence electrons. The molecular weight excluding hydrogens is 371 g/mol. The van der Waals surface area contributed by atoms with Crippen LogP contribution in [0.15, 0.2) is 53.4 Å². The molecule has 0 aliphatic carbocycles. The van der Waals surface area contributed by atoms with Gasteiger partial charge in [0.05, 0.1) is 16.0 Å². The number of hydrogen-bond donors (Lipinski definition) is 2. The maximum Gasteiger partial charge on any atom is 0.239 e. The van der Waals surface area contributed by atoms with Gasteiger partial charge in [-0.15, -0.1) is 0 Å². The Morgan fingerprint density at radius 1 is 1.19 bits per heavy atom. The summed E-state index contributed by atoms with van der Waals surface area (Å²) in [6, 6.07) is 12.5. The highest BCUT2D eigenvalue weighted by molar-refractivity contribution is 7.92. The summed E-state index contributed by atoms with van der Waals surface area (Å²) in [6.45, 7) is 2.96. The minimum Gasteiger partial charge on any atom is -0.325 e. The number of halogens is 1. The zero-order chi connectivity index (χ0) is 19.8. The van der Waals surface area contributed by atoms with E-state index in [0.29, 0.717) is 5.56 Å².